The Morgan fingerprint density at radius 3 is 2.60 bits per heavy atom. The van der Waals surface area contributed by atoms with Crippen molar-refractivity contribution in [3.05, 3.63) is 35.8 Å². The summed E-state index contributed by atoms with van der Waals surface area (Å²) < 4.78 is 16.1. The minimum absolute atomic E-state index is 0.195. The van der Waals surface area contributed by atoms with Crippen LogP contribution in [0, 0.1) is 11.2 Å². The molecular weight excluding hydrogens is 257 g/mol. The highest BCUT2D eigenvalue weighted by Gasteiger charge is 2.29. The van der Waals surface area contributed by atoms with E-state index in [9.17, 15) is 14.3 Å². The summed E-state index contributed by atoms with van der Waals surface area (Å²) in [5.74, 6) is -1.17. The van der Waals surface area contributed by atoms with Gasteiger partial charge >= 0.3 is 5.97 Å². The zero-order valence-electron chi connectivity index (χ0n) is 12.3. The molecule has 2 aromatic rings. The fourth-order valence-corrected chi connectivity index (χ4v) is 2.46. The molecule has 0 amide bonds. The first-order valence-electron chi connectivity index (χ1n) is 6.75. The molecule has 0 aliphatic heterocycles. The number of nitrogens with zero attached hydrogens (tertiary/aromatic N) is 1. The van der Waals surface area contributed by atoms with E-state index in [0.29, 0.717) is 11.8 Å². The molecule has 1 N–H and O–H groups in total. The van der Waals surface area contributed by atoms with Crippen LogP contribution in [0.15, 0.2) is 24.4 Å². The first kappa shape index (κ1) is 14.6. The number of hydrogen-bond donors (Lipinski definition) is 1. The van der Waals surface area contributed by atoms with Crippen molar-refractivity contribution in [2.45, 2.75) is 40.2 Å². The van der Waals surface area contributed by atoms with Crippen LogP contribution < -0.4 is 0 Å². The number of carboxylic acid groups (broad SMARTS) is 1. The molecule has 0 unspecified atom stereocenters. The lowest BCUT2D eigenvalue weighted by molar-refractivity contribution is -0.146. The first-order chi connectivity index (χ1) is 9.24. The van der Waals surface area contributed by atoms with Crippen molar-refractivity contribution >= 4 is 16.9 Å². The highest BCUT2D eigenvalue weighted by atomic mass is 19.1. The second-order valence-corrected chi connectivity index (χ2v) is 6.16. The Morgan fingerprint density at radius 1 is 1.40 bits per heavy atom. The molecule has 0 bridgehead atoms. The van der Waals surface area contributed by atoms with Crippen molar-refractivity contribution in [1.82, 2.24) is 4.57 Å². The van der Waals surface area contributed by atoms with Gasteiger partial charge in [0.2, 0.25) is 0 Å². The standard InChI is InChI=1S/C16H20FNO2/c1-10(2)18-9-11(8-16(3,4)15(19)20)14-12(17)6-5-7-13(14)18/h5-7,9-10H,8H2,1-4H3,(H,19,20). The number of aromatic nitrogens is 1. The van der Waals surface area contributed by atoms with Gasteiger partial charge in [-0.05, 0) is 51.8 Å². The highest BCUT2D eigenvalue weighted by Crippen LogP contribution is 2.32. The molecule has 0 saturated heterocycles. The van der Waals surface area contributed by atoms with E-state index in [1.54, 1.807) is 19.9 Å². The van der Waals surface area contributed by atoms with Gasteiger partial charge < -0.3 is 9.67 Å². The van der Waals surface area contributed by atoms with Crippen LogP contribution in [0.1, 0.15) is 39.3 Å². The predicted molar refractivity (Wildman–Crippen MR) is 77.4 cm³/mol. The molecule has 0 aliphatic carbocycles. The van der Waals surface area contributed by atoms with E-state index in [1.165, 1.54) is 6.07 Å². The lowest BCUT2D eigenvalue weighted by Crippen LogP contribution is -2.26. The van der Waals surface area contributed by atoms with Crippen LogP contribution in [0.3, 0.4) is 0 Å². The van der Waals surface area contributed by atoms with Gasteiger partial charge in [-0.25, -0.2) is 4.39 Å². The number of halogens is 1. The summed E-state index contributed by atoms with van der Waals surface area (Å²) in [6.07, 6.45) is 2.18. The molecule has 4 heteroatoms. The van der Waals surface area contributed by atoms with E-state index in [0.717, 1.165) is 11.1 Å². The van der Waals surface area contributed by atoms with Gasteiger partial charge in [0.05, 0.1) is 10.9 Å². The molecule has 1 heterocycles. The van der Waals surface area contributed by atoms with E-state index >= 15 is 0 Å². The number of carboxylic acids is 1. The van der Waals surface area contributed by atoms with Crippen LogP contribution in [0.5, 0.6) is 0 Å². The van der Waals surface area contributed by atoms with Crippen LogP contribution in [0.2, 0.25) is 0 Å². The Kier molecular flexibility index (Phi) is 3.59. The number of carbonyl (C=O) groups is 1. The minimum atomic E-state index is -0.918. The van der Waals surface area contributed by atoms with Crippen LogP contribution in [-0.4, -0.2) is 15.6 Å². The molecule has 0 fully saturated rings. The van der Waals surface area contributed by atoms with E-state index in [1.807, 2.05) is 30.7 Å². The molecule has 1 aromatic heterocycles. The van der Waals surface area contributed by atoms with Crippen molar-refractivity contribution in [3.8, 4) is 0 Å². The van der Waals surface area contributed by atoms with Gasteiger partial charge in [0.15, 0.2) is 0 Å². The average molecular weight is 277 g/mol. The van der Waals surface area contributed by atoms with Gasteiger partial charge in [-0.2, -0.15) is 0 Å². The third kappa shape index (κ3) is 2.42. The maximum atomic E-state index is 14.1. The van der Waals surface area contributed by atoms with Crippen molar-refractivity contribution in [3.63, 3.8) is 0 Å². The number of rotatable bonds is 4. The summed E-state index contributed by atoms with van der Waals surface area (Å²) in [5, 5.41) is 9.80. The molecule has 0 spiro atoms. The van der Waals surface area contributed by atoms with Crippen molar-refractivity contribution in [2.24, 2.45) is 5.41 Å². The smallest absolute Gasteiger partial charge is 0.309 e. The van der Waals surface area contributed by atoms with Gasteiger partial charge in [0.1, 0.15) is 5.82 Å². The average Bonchev–Trinajstić information content (AvgIpc) is 2.68. The van der Waals surface area contributed by atoms with Gasteiger partial charge in [-0.15, -0.1) is 0 Å². The molecule has 0 radical (unpaired) electrons. The van der Waals surface area contributed by atoms with Crippen molar-refractivity contribution in [1.29, 1.82) is 0 Å². The quantitative estimate of drug-likeness (QED) is 0.917. The number of benzene rings is 1. The topological polar surface area (TPSA) is 42.2 Å². The Morgan fingerprint density at radius 2 is 2.05 bits per heavy atom. The zero-order valence-corrected chi connectivity index (χ0v) is 12.3. The molecule has 3 nitrogen and oxygen atoms in total. The molecular formula is C16H20FNO2. The Bertz CT molecular complexity index is 656. The summed E-state index contributed by atoms with van der Waals surface area (Å²) in [6.45, 7) is 7.37. The van der Waals surface area contributed by atoms with E-state index < -0.39 is 11.4 Å². The first-order valence-corrected chi connectivity index (χ1v) is 6.75. The molecule has 108 valence electrons. The maximum absolute atomic E-state index is 14.1. The van der Waals surface area contributed by atoms with E-state index in [-0.39, 0.29) is 11.9 Å². The Balaban J connectivity index is 2.62. The lowest BCUT2D eigenvalue weighted by atomic mass is 9.86. The fourth-order valence-electron chi connectivity index (χ4n) is 2.46. The summed E-state index contributed by atoms with van der Waals surface area (Å²) in [5.41, 5.74) is 0.647. The third-order valence-electron chi connectivity index (χ3n) is 3.65. The third-order valence-corrected chi connectivity index (χ3v) is 3.65. The largest absolute Gasteiger partial charge is 0.481 e. The van der Waals surface area contributed by atoms with Crippen LogP contribution in [0.25, 0.3) is 10.9 Å². The summed E-state index contributed by atoms with van der Waals surface area (Å²) in [4.78, 5) is 11.3. The SMILES string of the molecule is CC(C)n1cc(CC(C)(C)C(=O)O)c2c(F)cccc21. The van der Waals surface area contributed by atoms with Crippen LogP contribution >= 0.6 is 0 Å². The van der Waals surface area contributed by atoms with Crippen LogP contribution in [-0.2, 0) is 11.2 Å². The molecule has 1 aromatic carbocycles. The van der Waals surface area contributed by atoms with Gasteiger partial charge in [0.25, 0.3) is 0 Å². The predicted octanol–water partition coefficient (Wildman–Crippen LogP) is 4.01. The second-order valence-electron chi connectivity index (χ2n) is 6.16. The fraction of sp³-hybridized carbons (Fsp3) is 0.438. The normalized spacial score (nSPS) is 12.3. The van der Waals surface area contributed by atoms with Gasteiger partial charge in [-0.3, -0.25) is 4.79 Å². The summed E-state index contributed by atoms with van der Waals surface area (Å²) in [7, 11) is 0. The zero-order chi connectivity index (χ0) is 15.1. The number of aliphatic carboxylic acids is 1. The van der Waals surface area contributed by atoms with Crippen LogP contribution in [0.4, 0.5) is 4.39 Å². The monoisotopic (exact) mass is 277 g/mol. The molecule has 2 rings (SSSR count). The van der Waals surface area contributed by atoms with E-state index in [4.69, 9.17) is 0 Å². The van der Waals surface area contributed by atoms with Gasteiger partial charge in [0, 0.05) is 17.6 Å². The number of fused-ring (bicyclic) bond motifs is 1. The maximum Gasteiger partial charge on any atom is 0.309 e. The summed E-state index contributed by atoms with van der Waals surface area (Å²) >= 11 is 0. The van der Waals surface area contributed by atoms with Crippen molar-refractivity contribution < 1.29 is 14.3 Å². The Labute approximate surface area is 118 Å². The van der Waals surface area contributed by atoms with E-state index in [2.05, 4.69) is 0 Å². The summed E-state index contributed by atoms with van der Waals surface area (Å²) in [6, 6.07) is 5.17. The molecule has 0 aliphatic rings. The Hall–Kier alpha value is -1.84. The van der Waals surface area contributed by atoms with Crippen molar-refractivity contribution in [2.75, 3.05) is 0 Å². The second kappa shape index (κ2) is 4.93. The highest BCUT2D eigenvalue weighted by molar-refractivity contribution is 5.86. The lowest BCUT2D eigenvalue weighted by Gasteiger charge is -2.18. The van der Waals surface area contributed by atoms with Gasteiger partial charge in [-0.1, -0.05) is 6.07 Å². The molecule has 0 saturated carbocycles. The molecule has 20 heavy (non-hydrogen) atoms. The number of hydrogen-bond acceptors (Lipinski definition) is 1. The minimum Gasteiger partial charge on any atom is -0.481 e. The molecule has 0 atom stereocenters.